The normalized spacial score (nSPS) is 23.2. The first-order chi connectivity index (χ1) is 8.92. The summed E-state index contributed by atoms with van der Waals surface area (Å²) in [6.45, 7) is 2.74. The second-order valence-electron chi connectivity index (χ2n) is 4.92. The lowest BCUT2D eigenvalue weighted by Crippen LogP contribution is -2.54. The van der Waals surface area contributed by atoms with Gasteiger partial charge in [0.15, 0.2) is 0 Å². The molecule has 19 heavy (non-hydrogen) atoms. The van der Waals surface area contributed by atoms with E-state index < -0.39 is 5.54 Å². The van der Waals surface area contributed by atoms with E-state index in [0.717, 1.165) is 25.8 Å². The van der Waals surface area contributed by atoms with Crippen LogP contribution in [0.25, 0.3) is 0 Å². The van der Waals surface area contributed by atoms with E-state index >= 15 is 0 Å². The molecule has 1 aromatic rings. The van der Waals surface area contributed by atoms with Crippen LogP contribution in [0.5, 0.6) is 0 Å². The molecule has 104 valence electrons. The van der Waals surface area contributed by atoms with Crippen molar-refractivity contribution in [3.8, 4) is 0 Å². The summed E-state index contributed by atoms with van der Waals surface area (Å²) in [6.07, 6.45) is 2.93. The molecule has 1 amide bonds. The highest BCUT2D eigenvalue weighted by atomic mass is 35.5. The molecule has 0 spiro atoms. The molecule has 0 aromatic heterocycles. The number of hydrogen-bond donors (Lipinski definition) is 2. The molecule has 1 aliphatic rings. The number of halogens is 3. The Bertz CT molecular complexity index is 499. The van der Waals surface area contributed by atoms with Gasteiger partial charge < -0.3 is 10.6 Å². The van der Waals surface area contributed by atoms with Crippen LogP contribution in [0, 0.1) is 0 Å². The van der Waals surface area contributed by atoms with Crippen molar-refractivity contribution in [1.82, 2.24) is 5.32 Å². The van der Waals surface area contributed by atoms with Crippen molar-refractivity contribution in [1.29, 1.82) is 0 Å². The van der Waals surface area contributed by atoms with Crippen LogP contribution in [-0.4, -0.2) is 18.0 Å². The summed E-state index contributed by atoms with van der Waals surface area (Å²) in [5.74, 6) is -0.104. The number of anilines is 1. The highest BCUT2D eigenvalue weighted by Gasteiger charge is 2.34. The SMILES string of the molecule is CC1(C(=O)Nc2cc(Cl)c(Cl)cc2Cl)CCCCN1. The number of benzene rings is 1. The summed E-state index contributed by atoms with van der Waals surface area (Å²) >= 11 is 17.8. The number of rotatable bonds is 2. The van der Waals surface area contributed by atoms with Crippen LogP contribution in [-0.2, 0) is 4.79 Å². The zero-order valence-electron chi connectivity index (χ0n) is 10.5. The van der Waals surface area contributed by atoms with Gasteiger partial charge in [-0.05, 0) is 44.9 Å². The van der Waals surface area contributed by atoms with E-state index in [9.17, 15) is 4.79 Å². The minimum Gasteiger partial charge on any atom is -0.323 e. The molecule has 0 aliphatic carbocycles. The lowest BCUT2D eigenvalue weighted by Gasteiger charge is -2.33. The van der Waals surface area contributed by atoms with Crippen molar-refractivity contribution in [2.24, 2.45) is 0 Å². The van der Waals surface area contributed by atoms with E-state index in [0.29, 0.717) is 20.8 Å². The Morgan fingerprint density at radius 3 is 2.53 bits per heavy atom. The molecule has 3 nitrogen and oxygen atoms in total. The van der Waals surface area contributed by atoms with Crippen LogP contribution >= 0.6 is 34.8 Å². The van der Waals surface area contributed by atoms with Crippen molar-refractivity contribution >= 4 is 46.4 Å². The zero-order chi connectivity index (χ0) is 14.0. The third-order valence-electron chi connectivity index (χ3n) is 3.38. The standard InChI is InChI=1S/C13H15Cl3N2O/c1-13(4-2-3-5-17-13)12(19)18-11-7-9(15)8(14)6-10(11)16/h6-7,17H,2-5H2,1H3,(H,18,19). The molecule has 1 fully saturated rings. The maximum atomic E-state index is 12.3. The molecule has 1 unspecified atom stereocenters. The Labute approximate surface area is 127 Å². The number of hydrogen-bond acceptors (Lipinski definition) is 2. The van der Waals surface area contributed by atoms with E-state index in [1.165, 1.54) is 6.07 Å². The van der Waals surface area contributed by atoms with Gasteiger partial charge in [-0.3, -0.25) is 4.79 Å². The Balaban J connectivity index is 2.16. The lowest BCUT2D eigenvalue weighted by molar-refractivity contribution is -0.122. The summed E-state index contributed by atoms with van der Waals surface area (Å²) < 4.78 is 0. The summed E-state index contributed by atoms with van der Waals surface area (Å²) in [5, 5.41) is 7.17. The number of amides is 1. The Kier molecular flexibility index (Phi) is 4.62. The van der Waals surface area contributed by atoms with Crippen molar-refractivity contribution < 1.29 is 4.79 Å². The highest BCUT2D eigenvalue weighted by molar-refractivity contribution is 6.44. The van der Waals surface area contributed by atoms with Crippen molar-refractivity contribution in [3.05, 3.63) is 27.2 Å². The second kappa shape index (κ2) is 5.88. The third kappa shape index (κ3) is 3.34. The first kappa shape index (κ1) is 14.9. The average molecular weight is 322 g/mol. The molecule has 6 heteroatoms. The fourth-order valence-electron chi connectivity index (χ4n) is 2.13. The zero-order valence-corrected chi connectivity index (χ0v) is 12.8. The molecule has 1 saturated heterocycles. The lowest BCUT2D eigenvalue weighted by atomic mass is 9.90. The van der Waals surface area contributed by atoms with Gasteiger partial charge in [0.1, 0.15) is 0 Å². The van der Waals surface area contributed by atoms with Crippen LogP contribution in [0.2, 0.25) is 15.1 Å². The van der Waals surface area contributed by atoms with Gasteiger partial charge in [0, 0.05) is 0 Å². The maximum Gasteiger partial charge on any atom is 0.244 e. The quantitative estimate of drug-likeness (QED) is 0.805. The van der Waals surface area contributed by atoms with Gasteiger partial charge in [-0.25, -0.2) is 0 Å². The Morgan fingerprint density at radius 1 is 1.21 bits per heavy atom. The number of nitrogens with one attached hydrogen (secondary N) is 2. The molecule has 1 aliphatic heterocycles. The van der Waals surface area contributed by atoms with E-state index in [4.69, 9.17) is 34.8 Å². The summed E-state index contributed by atoms with van der Waals surface area (Å²) in [6, 6.07) is 3.09. The number of carbonyl (C=O) groups is 1. The predicted octanol–water partition coefficient (Wildman–Crippen LogP) is 4.12. The molecule has 1 heterocycles. The van der Waals surface area contributed by atoms with Gasteiger partial charge in [0.2, 0.25) is 5.91 Å². The van der Waals surface area contributed by atoms with Gasteiger partial charge in [0.05, 0.1) is 26.3 Å². The monoisotopic (exact) mass is 320 g/mol. The van der Waals surface area contributed by atoms with E-state index in [1.54, 1.807) is 6.07 Å². The fourth-order valence-corrected chi connectivity index (χ4v) is 2.72. The van der Waals surface area contributed by atoms with Gasteiger partial charge in [-0.15, -0.1) is 0 Å². The first-order valence-corrected chi connectivity index (χ1v) is 7.27. The minimum absolute atomic E-state index is 0.104. The van der Waals surface area contributed by atoms with Crippen molar-refractivity contribution in [2.45, 2.75) is 31.7 Å². The van der Waals surface area contributed by atoms with Crippen molar-refractivity contribution in [3.63, 3.8) is 0 Å². The number of carbonyl (C=O) groups excluding carboxylic acids is 1. The van der Waals surface area contributed by atoms with Gasteiger partial charge in [-0.2, -0.15) is 0 Å². The molecule has 0 saturated carbocycles. The molecule has 2 N–H and O–H groups in total. The molecule has 1 aromatic carbocycles. The first-order valence-electron chi connectivity index (χ1n) is 6.13. The Morgan fingerprint density at radius 2 is 1.89 bits per heavy atom. The van der Waals surface area contributed by atoms with E-state index in [1.807, 2.05) is 6.92 Å². The van der Waals surface area contributed by atoms with Crippen LogP contribution in [0.3, 0.4) is 0 Å². The highest BCUT2D eigenvalue weighted by Crippen LogP contribution is 2.33. The third-order valence-corrected chi connectivity index (χ3v) is 4.41. The predicted molar refractivity (Wildman–Crippen MR) is 80.4 cm³/mol. The average Bonchev–Trinajstić information content (AvgIpc) is 2.36. The van der Waals surface area contributed by atoms with Gasteiger partial charge in [-0.1, -0.05) is 34.8 Å². The van der Waals surface area contributed by atoms with Gasteiger partial charge >= 0.3 is 0 Å². The molecular weight excluding hydrogens is 307 g/mol. The van der Waals surface area contributed by atoms with E-state index in [2.05, 4.69) is 10.6 Å². The molecule has 1 atom stereocenters. The Hall–Kier alpha value is -0.480. The molecule has 2 rings (SSSR count). The van der Waals surface area contributed by atoms with Gasteiger partial charge in [0.25, 0.3) is 0 Å². The molecule has 0 bridgehead atoms. The van der Waals surface area contributed by atoms with Crippen molar-refractivity contribution in [2.75, 3.05) is 11.9 Å². The maximum absolute atomic E-state index is 12.3. The second-order valence-corrected chi connectivity index (χ2v) is 6.14. The smallest absolute Gasteiger partial charge is 0.244 e. The van der Waals surface area contributed by atoms with E-state index in [-0.39, 0.29) is 5.91 Å². The summed E-state index contributed by atoms with van der Waals surface area (Å²) in [5.41, 5.74) is -0.0806. The summed E-state index contributed by atoms with van der Waals surface area (Å²) in [7, 11) is 0. The fraction of sp³-hybridized carbons (Fsp3) is 0.462. The van der Waals surface area contributed by atoms with Crippen LogP contribution in [0.15, 0.2) is 12.1 Å². The molecule has 0 radical (unpaired) electrons. The summed E-state index contributed by atoms with van der Waals surface area (Å²) in [4.78, 5) is 12.3. The minimum atomic E-state index is -0.562. The number of piperidine rings is 1. The van der Waals surface area contributed by atoms with Crippen LogP contribution in [0.4, 0.5) is 5.69 Å². The molecular formula is C13H15Cl3N2O. The topological polar surface area (TPSA) is 41.1 Å². The van der Waals surface area contributed by atoms with Crippen LogP contribution < -0.4 is 10.6 Å². The largest absolute Gasteiger partial charge is 0.323 e. The van der Waals surface area contributed by atoms with Crippen LogP contribution in [0.1, 0.15) is 26.2 Å².